The van der Waals surface area contributed by atoms with E-state index >= 15 is 0 Å². The molecular formula is C14H16FN3. The van der Waals surface area contributed by atoms with E-state index in [0.717, 1.165) is 11.3 Å². The highest BCUT2D eigenvalue weighted by Gasteiger charge is 2.19. The normalized spacial score (nSPS) is 11.6. The summed E-state index contributed by atoms with van der Waals surface area (Å²) in [6, 6.07) is 8.16. The van der Waals surface area contributed by atoms with Gasteiger partial charge < -0.3 is 5.73 Å². The van der Waals surface area contributed by atoms with Crippen LogP contribution in [0.15, 0.2) is 30.3 Å². The van der Waals surface area contributed by atoms with E-state index in [1.54, 1.807) is 6.07 Å². The zero-order chi connectivity index (χ0) is 13.3. The van der Waals surface area contributed by atoms with Crippen molar-refractivity contribution < 1.29 is 4.39 Å². The third kappa shape index (κ3) is 2.71. The Morgan fingerprint density at radius 2 is 1.89 bits per heavy atom. The van der Waals surface area contributed by atoms with E-state index in [0.29, 0.717) is 11.5 Å². The topological polar surface area (TPSA) is 51.8 Å². The standard InChI is InChI=1S/C14H16FN3/c1-9-7-12(10-5-4-6-11(15)8-10)18-13(17-9)14(2,3)16/h4-8H,16H2,1-3H3. The van der Waals surface area contributed by atoms with E-state index in [4.69, 9.17) is 5.73 Å². The Labute approximate surface area is 106 Å². The Kier molecular flexibility index (Phi) is 3.13. The molecule has 3 nitrogen and oxygen atoms in total. The van der Waals surface area contributed by atoms with Gasteiger partial charge in [0.05, 0.1) is 11.2 Å². The molecule has 0 aliphatic rings. The average molecular weight is 245 g/mol. The molecule has 0 amide bonds. The van der Waals surface area contributed by atoms with Gasteiger partial charge in [-0.1, -0.05) is 12.1 Å². The monoisotopic (exact) mass is 245 g/mol. The minimum absolute atomic E-state index is 0.280. The zero-order valence-corrected chi connectivity index (χ0v) is 10.7. The minimum atomic E-state index is -0.617. The first-order chi connectivity index (χ1) is 8.36. The van der Waals surface area contributed by atoms with Crippen LogP contribution in [0.4, 0.5) is 4.39 Å². The maximum absolute atomic E-state index is 13.2. The second-order valence-corrected chi connectivity index (χ2v) is 4.95. The van der Waals surface area contributed by atoms with Crippen molar-refractivity contribution in [2.75, 3.05) is 0 Å². The second-order valence-electron chi connectivity index (χ2n) is 4.95. The number of halogens is 1. The molecule has 94 valence electrons. The van der Waals surface area contributed by atoms with Gasteiger partial charge in [0.1, 0.15) is 11.6 Å². The lowest BCUT2D eigenvalue weighted by molar-refractivity contribution is 0.512. The fraction of sp³-hybridized carbons (Fsp3) is 0.286. The Bertz CT molecular complexity index is 573. The van der Waals surface area contributed by atoms with E-state index in [-0.39, 0.29) is 5.82 Å². The number of nitrogens with two attached hydrogens (primary N) is 1. The summed E-state index contributed by atoms with van der Waals surface area (Å²) < 4.78 is 13.2. The van der Waals surface area contributed by atoms with Crippen LogP contribution in [-0.2, 0) is 5.54 Å². The molecular weight excluding hydrogens is 229 g/mol. The number of nitrogens with zero attached hydrogens (tertiary/aromatic N) is 2. The number of hydrogen-bond donors (Lipinski definition) is 1. The number of rotatable bonds is 2. The van der Waals surface area contributed by atoms with E-state index in [1.807, 2.05) is 32.9 Å². The molecule has 2 aromatic rings. The molecule has 1 aromatic carbocycles. The van der Waals surface area contributed by atoms with Crippen molar-refractivity contribution >= 4 is 0 Å². The lowest BCUT2D eigenvalue weighted by Gasteiger charge is -2.18. The highest BCUT2D eigenvalue weighted by atomic mass is 19.1. The maximum atomic E-state index is 13.2. The van der Waals surface area contributed by atoms with E-state index in [1.165, 1.54) is 12.1 Å². The van der Waals surface area contributed by atoms with Gasteiger partial charge in [-0.15, -0.1) is 0 Å². The summed E-state index contributed by atoms with van der Waals surface area (Å²) >= 11 is 0. The highest BCUT2D eigenvalue weighted by molar-refractivity contribution is 5.59. The van der Waals surface area contributed by atoms with Crippen molar-refractivity contribution in [2.45, 2.75) is 26.3 Å². The molecule has 0 spiro atoms. The molecule has 2 rings (SSSR count). The van der Waals surface area contributed by atoms with Crippen molar-refractivity contribution in [3.63, 3.8) is 0 Å². The van der Waals surface area contributed by atoms with E-state index < -0.39 is 5.54 Å². The average Bonchev–Trinajstić information content (AvgIpc) is 2.27. The van der Waals surface area contributed by atoms with Crippen LogP contribution >= 0.6 is 0 Å². The molecule has 1 aromatic heterocycles. The van der Waals surface area contributed by atoms with Gasteiger partial charge in [0, 0.05) is 11.3 Å². The molecule has 0 bridgehead atoms. The molecule has 0 aliphatic carbocycles. The fourth-order valence-corrected chi connectivity index (χ4v) is 1.65. The molecule has 1 heterocycles. The van der Waals surface area contributed by atoms with Crippen molar-refractivity contribution in [3.05, 3.63) is 47.7 Å². The lowest BCUT2D eigenvalue weighted by Crippen LogP contribution is -2.31. The van der Waals surface area contributed by atoms with Crippen molar-refractivity contribution in [2.24, 2.45) is 5.73 Å². The number of aromatic nitrogens is 2. The molecule has 0 saturated carbocycles. The molecule has 0 fully saturated rings. The van der Waals surface area contributed by atoms with Crippen LogP contribution in [0.1, 0.15) is 25.4 Å². The van der Waals surface area contributed by atoms with Crippen molar-refractivity contribution in [1.29, 1.82) is 0 Å². The first-order valence-electron chi connectivity index (χ1n) is 5.77. The fourth-order valence-electron chi connectivity index (χ4n) is 1.65. The first-order valence-corrected chi connectivity index (χ1v) is 5.77. The molecule has 0 radical (unpaired) electrons. The van der Waals surface area contributed by atoms with Crippen LogP contribution < -0.4 is 5.73 Å². The largest absolute Gasteiger partial charge is 0.319 e. The lowest BCUT2D eigenvalue weighted by atomic mass is 10.0. The predicted octanol–water partition coefficient (Wildman–Crippen LogP) is 2.78. The molecule has 0 unspecified atom stereocenters. The van der Waals surface area contributed by atoms with Gasteiger partial charge in [-0.25, -0.2) is 14.4 Å². The van der Waals surface area contributed by atoms with Gasteiger partial charge in [-0.2, -0.15) is 0 Å². The summed E-state index contributed by atoms with van der Waals surface area (Å²) in [5.41, 5.74) is 7.62. The van der Waals surface area contributed by atoms with Crippen LogP contribution in [0, 0.1) is 12.7 Å². The maximum Gasteiger partial charge on any atom is 0.148 e. The van der Waals surface area contributed by atoms with Gasteiger partial charge in [-0.05, 0) is 39.0 Å². The van der Waals surface area contributed by atoms with Gasteiger partial charge in [0.25, 0.3) is 0 Å². The van der Waals surface area contributed by atoms with Crippen LogP contribution in [0.25, 0.3) is 11.3 Å². The molecule has 0 atom stereocenters. The number of benzene rings is 1. The first kappa shape index (κ1) is 12.6. The summed E-state index contributed by atoms with van der Waals surface area (Å²) in [6.07, 6.45) is 0. The van der Waals surface area contributed by atoms with Crippen molar-refractivity contribution in [1.82, 2.24) is 9.97 Å². The molecule has 0 saturated heterocycles. The highest BCUT2D eigenvalue weighted by Crippen LogP contribution is 2.21. The number of hydrogen-bond acceptors (Lipinski definition) is 3. The minimum Gasteiger partial charge on any atom is -0.319 e. The third-order valence-electron chi connectivity index (χ3n) is 2.55. The number of aryl methyl sites for hydroxylation is 1. The Morgan fingerprint density at radius 1 is 1.17 bits per heavy atom. The summed E-state index contributed by atoms with van der Waals surface area (Å²) in [4.78, 5) is 8.74. The van der Waals surface area contributed by atoms with Gasteiger partial charge in [-0.3, -0.25) is 0 Å². The SMILES string of the molecule is Cc1cc(-c2cccc(F)c2)nc(C(C)(C)N)n1. The summed E-state index contributed by atoms with van der Waals surface area (Å²) in [7, 11) is 0. The Hall–Kier alpha value is -1.81. The zero-order valence-electron chi connectivity index (χ0n) is 10.7. The van der Waals surface area contributed by atoms with E-state index in [9.17, 15) is 4.39 Å². The molecule has 18 heavy (non-hydrogen) atoms. The molecule has 4 heteroatoms. The summed E-state index contributed by atoms with van der Waals surface area (Å²) in [5.74, 6) is 0.277. The Balaban J connectivity index is 2.55. The second kappa shape index (κ2) is 4.46. The van der Waals surface area contributed by atoms with Gasteiger partial charge in [0.15, 0.2) is 0 Å². The van der Waals surface area contributed by atoms with Crippen LogP contribution in [-0.4, -0.2) is 9.97 Å². The van der Waals surface area contributed by atoms with Crippen LogP contribution in [0.5, 0.6) is 0 Å². The quantitative estimate of drug-likeness (QED) is 0.885. The Morgan fingerprint density at radius 3 is 2.50 bits per heavy atom. The predicted molar refractivity (Wildman–Crippen MR) is 69.4 cm³/mol. The molecule has 2 N–H and O–H groups in total. The molecule has 0 aliphatic heterocycles. The van der Waals surface area contributed by atoms with Gasteiger partial charge >= 0.3 is 0 Å². The summed E-state index contributed by atoms with van der Waals surface area (Å²) in [5, 5.41) is 0. The van der Waals surface area contributed by atoms with Gasteiger partial charge in [0.2, 0.25) is 0 Å². The third-order valence-corrected chi connectivity index (χ3v) is 2.55. The summed E-state index contributed by atoms with van der Waals surface area (Å²) in [6.45, 7) is 5.56. The van der Waals surface area contributed by atoms with Crippen LogP contribution in [0.3, 0.4) is 0 Å². The van der Waals surface area contributed by atoms with Crippen molar-refractivity contribution in [3.8, 4) is 11.3 Å². The van der Waals surface area contributed by atoms with Crippen LogP contribution in [0.2, 0.25) is 0 Å². The smallest absolute Gasteiger partial charge is 0.148 e. The van der Waals surface area contributed by atoms with E-state index in [2.05, 4.69) is 9.97 Å².